The molecule has 0 bridgehead atoms. The molecule has 0 amide bonds. The van der Waals surface area contributed by atoms with Crippen LogP contribution in [0, 0.1) is 6.67 Å². The number of rotatable bonds is 7. The van der Waals surface area contributed by atoms with Crippen molar-refractivity contribution in [3.05, 3.63) is 199 Å². The van der Waals surface area contributed by atoms with E-state index in [1.54, 1.807) is 0 Å². The second-order valence-corrected chi connectivity index (χ2v) is 21.2. The van der Waals surface area contributed by atoms with E-state index in [4.69, 9.17) is 9.72 Å². The lowest BCUT2D eigenvalue weighted by atomic mass is 9.84. The summed E-state index contributed by atoms with van der Waals surface area (Å²) in [6.45, 7) is 23.1. The van der Waals surface area contributed by atoms with Crippen molar-refractivity contribution in [3.8, 4) is 39.6 Å². The third-order valence-corrected chi connectivity index (χ3v) is 13.8. The van der Waals surface area contributed by atoms with E-state index < -0.39 is 0 Å². The average molecular weight is 850 g/mol. The molecular formula is C60H57N4O+. The third kappa shape index (κ3) is 6.55. The zero-order valence-corrected chi connectivity index (χ0v) is 39.0. The van der Waals surface area contributed by atoms with Gasteiger partial charge in [-0.15, -0.1) is 0 Å². The summed E-state index contributed by atoms with van der Waals surface area (Å²) in [6.07, 6.45) is 1.93. The Hall–Kier alpha value is -6.79. The summed E-state index contributed by atoms with van der Waals surface area (Å²) in [5.41, 5.74) is 15.7. The second kappa shape index (κ2) is 14.4. The van der Waals surface area contributed by atoms with Gasteiger partial charge in [0.15, 0.2) is 18.0 Å². The fraction of sp³-hybridized carbons (Fsp3) is 0.200. The maximum atomic E-state index is 7.12. The van der Waals surface area contributed by atoms with Crippen molar-refractivity contribution in [3.63, 3.8) is 0 Å². The van der Waals surface area contributed by atoms with Crippen molar-refractivity contribution in [2.75, 3.05) is 0 Å². The number of ether oxygens (including phenoxy) is 1. The Balaban J connectivity index is 1.10. The van der Waals surface area contributed by atoms with Crippen molar-refractivity contribution < 1.29 is 4.74 Å². The van der Waals surface area contributed by atoms with E-state index in [1.807, 2.05) is 6.20 Å². The molecule has 0 saturated carbocycles. The number of para-hydroxylation sites is 1. The second-order valence-electron chi connectivity index (χ2n) is 21.2. The summed E-state index contributed by atoms with van der Waals surface area (Å²) in [5.74, 6) is 2.45. The van der Waals surface area contributed by atoms with E-state index in [0.717, 1.165) is 50.6 Å². The normalized spacial score (nSPS) is 18.0. The standard InChI is InChI=1S/C60H57N4O/c1-58(2,3)44-24-27-55-56(35-44)64(39-63(55,64)47-31-42(40-18-12-10-13-19-40)30-46(34-47)60(7,8)9)48-32-43(41-20-14-11-15-21-41)33-50(37-48)65-49-25-26-52-51-22-16-17-23-53(51)62(54(52)38-49)57-36-45(28-29-61-57)59(4,5)6/h10-39H,1-9H3/q+1/t63-,64?/m0/s1. The maximum absolute atomic E-state index is 7.12. The Morgan fingerprint density at radius 1 is 0.431 bits per heavy atom. The molecule has 9 aromatic rings. The number of hydrogen-bond donors (Lipinski definition) is 0. The first-order valence-corrected chi connectivity index (χ1v) is 23.0. The highest BCUT2D eigenvalue weighted by molar-refractivity contribution is 6.09. The van der Waals surface area contributed by atoms with E-state index in [0.29, 0.717) is 9.18 Å². The molecule has 5 heteroatoms. The van der Waals surface area contributed by atoms with E-state index in [1.165, 1.54) is 50.3 Å². The first kappa shape index (κ1) is 40.9. The van der Waals surface area contributed by atoms with Gasteiger partial charge in [0.1, 0.15) is 17.3 Å². The zero-order chi connectivity index (χ0) is 45.1. The molecule has 65 heavy (non-hydrogen) atoms. The molecule has 1 fully saturated rings. The summed E-state index contributed by atoms with van der Waals surface area (Å²) >= 11 is 0. The van der Waals surface area contributed by atoms with Gasteiger partial charge in [0.25, 0.3) is 0 Å². The first-order chi connectivity index (χ1) is 31.0. The van der Waals surface area contributed by atoms with Gasteiger partial charge in [0.2, 0.25) is 11.4 Å². The lowest BCUT2D eigenvalue weighted by Crippen LogP contribution is -2.47. The van der Waals surface area contributed by atoms with Crippen LogP contribution in [-0.2, 0) is 16.2 Å². The zero-order valence-electron chi connectivity index (χ0n) is 39.0. The minimum atomic E-state index is -0.0557. The van der Waals surface area contributed by atoms with Crippen LogP contribution in [0.3, 0.4) is 0 Å². The fourth-order valence-corrected chi connectivity index (χ4v) is 10.0. The van der Waals surface area contributed by atoms with Crippen LogP contribution in [0.1, 0.15) is 79.0 Å². The Morgan fingerprint density at radius 2 is 1.02 bits per heavy atom. The number of pyridine rings is 1. The summed E-state index contributed by atoms with van der Waals surface area (Å²) < 4.78 is 10.5. The van der Waals surface area contributed by atoms with Gasteiger partial charge in [0.05, 0.1) is 11.0 Å². The minimum Gasteiger partial charge on any atom is -0.457 e. The molecule has 0 N–H and O–H groups in total. The van der Waals surface area contributed by atoms with Gasteiger partial charge in [-0.05, 0) is 91.6 Å². The molecule has 1 saturated heterocycles. The molecule has 0 aliphatic carbocycles. The molecule has 2 aliphatic rings. The molecule has 7 aromatic carbocycles. The number of quaternary nitrogens is 2. The number of benzene rings is 7. The Labute approximate surface area is 384 Å². The molecule has 1 unspecified atom stereocenters. The molecule has 2 atom stereocenters. The smallest absolute Gasteiger partial charge is 0.225 e. The van der Waals surface area contributed by atoms with Crippen LogP contribution in [-0.4, -0.2) is 9.55 Å². The van der Waals surface area contributed by atoms with Crippen LogP contribution in [0.5, 0.6) is 11.5 Å². The predicted octanol–water partition coefficient (Wildman–Crippen LogP) is 16.5. The van der Waals surface area contributed by atoms with Gasteiger partial charge < -0.3 is 4.74 Å². The monoisotopic (exact) mass is 849 g/mol. The topological polar surface area (TPSA) is 27.1 Å². The number of aromatic nitrogens is 2. The molecule has 322 valence electrons. The van der Waals surface area contributed by atoms with E-state index in [9.17, 15) is 0 Å². The lowest BCUT2D eigenvalue weighted by Gasteiger charge is -2.41. The van der Waals surface area contributed by atoms with Gasteiger partial charge in [-0.25, -0.2) is 4.98 Å². The summed E-state index contributed by atoms with van der Waals surface area (Å²) in [7, 11) is 0. The van der Waals surface area contributed by atoms with Gasteiger partial charge in [-0.3, -0.25) is 4.57 Å². The highest BCUT2D eigenvalue weighted by atomic mass is 16.5. The summed E-state index contributed by atoms with van der Waals surface area (Å²) in [5, 5.41) is 2.34. The highest BCUT2D eigenvalue weighted by Gasteiger charge is 2.78. The highest BCUT2D eigenvalue weighted by Crippen LogP contribution is 2.76. The minimum absolute atomic E-state index is 0.0161. The quantitative estimate of drug-likeness (QED) is 0.0907. The molecule has 5 nitrogen and oxygen atoms in total. The van der Waals surface area contributed by atoms with Crippen LogP contribution in [0.25, 0.3) is 49.9 Å². The average Bonchev–Trinajstić information content (AvgIpc) is 3.79. The van der Waals surface area contributed by atoms with Gasteiger partial charge in [-0.2, -0.15) is 9.18 Å². The number of nitrogens with zero attached hydrogens (tertiary/aromatic N) is 4. The molecule has 0 spiro atoms. The maximum Gasteiger partial charge on any atom is 0.225 e. The first-order valence-electron chi connectivity index (χ1n) is 23.0. The predicted molar refractivity (Wildman–Crippen MR) is 272 cm³/mol. The van der Waals surface area contributed by atoms with Gasteiger partial charge in [0, 0.05) is 59.4 Å². The molecule has 0 radical (unpaired) electrons. The van der Waals surface area contributed by atoms with Crippen molar-refractivity contribution in [1.82, 2.24) is 18.7 Å². The summed E-state index contributed by atoms with van der Waals surface area (Å²) in [4.78, 5) is 4.94. The van der Waals surface area contributed by atoms with Crippen molar-refractivity contribution in [2.45, 2.75) is 78.6 Å². The van der Waals surface area contributed by atoms with Crippen LogP contribution in [0.15, 0.2) is 176 Å². The van der Waals surface area contributed by atoms with Gasteiger partial charge in [-0.1, -0.05) is 153 Å². The molecular weight excluding hydrogens is 793 g/mol. The van der Waals surface area contributed by atoms with E-state index >= 15 is 0 Å². The molecule has 4 heterocycles. The number of hydrogen-bond acceptors (Lipinski definition) is 2. The Kier molecular flexibility index (Phi) is 9.04. The van der Waals surface area contributed by atoms with Crippen LogP contribution in [0.2, 0.25) is 0 Å². The van der Waals surface area contributed by atoms with Gasteiger partial charge >= 0.3 is 0 Å². The largest absolute Gasteiger partial charge is 0.457 e. The number of fused-ring (bicyclic) bond motifs is 7. The van der Waals surface area contributed by atoms with E-state index in [2.05, 4.69) is 243 Å². The summed E-state index contributed by atoms with van der Waals surface area (Å²) in [6, 6.07) is 62.2. The van der Waals surface area contributed by atoms with Crippen LogP contribution >= 0.6 is 0 Å². The van der Waals surface area contributed by atoms with Crippen molar-refractivity contribution in [1.29, 1.82) is 0 Å². The van der Waals surface area contributed by atoms with Crippen molar-refractivity contribution >= 4 is 44.6 Å². The van der Waals surface area contributed by atoms with Crippen LogP contribution < -0.4 is 13.9 Å². The molecule has 2 aliphatic heterocycles. The Morgan fingerprint density at radius 3 is 1.69 bits per heavy atom. The Bertz CT molecular complexity index is 3330. The fourth-order valence-electron chi connectivity index (χ4n) is 10.0. The molecule has 2 aromatic heterocycles. The molecule has 11 rings (SSSR count). The SMILES string of the molecule is CC(C)(C)c1cc(-c2ccccc2)cc([N@+]23[CH-][N+]2(c2cc(Oc4ccc5c6ccccc6n(-c6cc(C(C)(C)C)ccn6)c5c4)cc(-c4ccccc4)c2)c2cc(C(C)(C)C)ccc23)c1. The van der Waals surface area contributed by atoms with E-state index in [-0.39, 0.29) is 16.2 Å². The third-order valence-electron chi connectivity index (χ3n) is 13.8. The van der Waals surface area contributed by atoms with Crippen molar-refractivity contribution in [2.24, 2.45) is 0 Å². The lowest BCUT2D eigenvalue weighted by molar-refractivity contribution is 0.421. The van der Waals surface area contributed by atoms with Crippen LogP contribution in [0.4, 0.5) is 22.7 Å².